The molecule has 29 heavy (non-hydrogen) atoms. The number of imide groups is 1. The van der Waals surface area contributed by atoms with Crippen LogP contribution in [0.5, 0.6) is 0 Å². The van der Waals surface area contributed by atoms with Gasteiger partial charge in [-0.2, -0.15) is 0 Å². The summed E-state index contributed by atoms with van der Waals surface area (Å²) in [5.74, 6) is 1.46. The van der Waals surface area contributed by atoms with Crippen molar-refractivity contribution in [2.24, 2.45) is 5.92 Å². The lowest BCUT2D eigenvalue weighted by molar-refractivity contribution is -0.115. The predicted molar refractivity (Wildman–Crippen MR) is 119 cm³/mol. The molecule has 0 saturated carbocycles. The van der Waals surface area contributed by atoms with E-state index in [0.717, 1.165) is 52.7 Å². The van der Waals surface area contributed by atoms with Crippen LogP contribution in [0.2, 0.25) is 0 Å². The maximum Gasteiger partial charge on any atom is 0.290 e. The molecule has 4 heterocycles. The molecule has 2 saturated heterocycles. The zero-order valence-electron chi connectivity index (χ0n) is 16.4. The summed E-state index contributed by atoms with van der Waals surface area (Å²) in [5.41, 5.74) is 1.81. The molecule has 2 amide bonds. The van der Waals surface area contributed by atoms with E-state index in [-0.39, 0.29) is 11.1 Å². The lowest BCUT2D eigenvalue weighted by Gasteiger charge is -2.28. The first-order chi connectivity index (χ1) is 14.1. The van der Waals surface area contributed by atoms with E-state index >= 15 is 0 Å². The number of hydrogen-bond donors (Lipinski definition) is 1. The van der Waals surface area contributed by atoms with Crippen molar-refractivity contribution in [3.63, 3.8) is 0 Å². The number of carbonyl (C=O) groups excluding carboxylic acids is 2. The van der Waals surface area contributed by atoms with Gasteiger partial charge in [0.1, 0.15) is 5.82 Å². The maximum atomic E-state index is 11.7. The van der Waals surface area contributed by atoms with Crippen LogP contribution in [0.3, 0.4) is 0 Å². The van der Waals surface area contributed by atoms with Crippen molar-refractivity contribution in [1.82, 2.24) is 15.3 Å². The molecule has 0 unspecified atom stereocenters. The molecule has 0 atom stereocenters. The number of nitrogens with zero attached hydrogens (tertiary/aromatic N) is 3. The predicted octanol–water partition coefficient (Wildman–Crippen LogP) is 4.94. The third-order valence-electron chi connectivity index (χ3n) is 5.43. The highest BCUT2D eigenvalue weighted by molar-refractivity contribution is 8.18. The molecular formula is C21H24N4O2S2. The highest BCUT2D eigenvalue weighted by Crippen LogP contribution is 2.31. The lowest BCUT2D eigenvalue weighted by atomic mass is 9.93. The number of aromatic nitrogens is 2. The largest absolute Gasteiger partial charge is 0.355 e. The fourth-order valence-corrected chi connectivity index (χ4v) is 5.38. The second-order valence-electron chi connectivity index (χ2n) is 7.40. The average Bonchev–Trinajstić information content (AvgIpc) is 3.28. The zero-order chi connectivity index (χ0) is 20.2. The number of carbonyl (C=O) groups is 2. The molecule has 1 N–H and O–H groups in total. The quantitative estimate of drug-likeness (QED) is 0.696. The Hall–Kier alpha value is -2.19. The summed E-state index contributed by atoms with van der Waals surface area (Å²) in [4.78, 5) is 36.0. The van der Waals surface area contributed by atoms with Crippen molar-refractivity contribution in [2.75, 3.05) is 18.0 Å². The van der Waals surface area contributed by atoms with Gasteiger partial charge in [-0.15, -0.1) is 11.3 Å². The van der Waals surface area contributed by atoms with E-state index in [0.29, 0.717) is 4.91 Å². The van der Waals surface area contributed by atoms with Crippen molar-refractivity contribution in [3.8, 4) is 11.3 Å². The van der Waals surface area contributed by atoms with Gasteiger partial charge in [0.2, 0.25) is 0 Å². The Balaban J connectivity index is 1.49. The number of hydrogen-bond acceptors (Lipinski definition) is 7. The molecule has 2 aromatic heterocycles. The van der Waals surface area contributed by atoms with E-state index in [1.807, 2.05) is 17.6 Å². The van der Waals surface area contributed by atoms with Crippen molar-refractivity contribution >= 4 is 46.1 Å². The molecule has 2 aliphatic heterocycles. The van der Waals surface area contributed by atoms with E-state index in [9.17, 15) is 9.59 Å². The summed E-state index contributed by atoms with van der Waals surface area (Å²) >= 11 is 2.46. The fraction of sp³-hybridized carbons (Fsp3) is 0.429. The number of anilines is 1. The summed E-state index contributed by atoms with van der Waals surface area (Å²) in [6.45, 7) is 4.34. The number of nitrogens with one attached hydrogen (secondary N) is 1. The van der Waals surface area contributed by atoms with Crippen molar-refractivity contribution in [2.45, 2.75) is 39.0 Å². The molecule has 0 spiro atoms. The van der Waals surface area contributed by atoms with Crippen LogP contribution in [-0.4, -0.2) is 34.2 Å². The molecule has 0 bridgehead atoms. The Bertz CT molecular complexity index is 930. The number of thiophene rings is 1. The number of thioether (sulfide) groups is 1. The van der Waals surface area contributed by atoms with Gasteiger partial charge in [0.25, 0.3) is 11.1 Å². The Morgan fingerprint density at radius 1 is 1.24 bits per heavy atom. The van der Waals surface area contributed by atoms with Gasteiger partial charge in [0.15, 0.2) is 0 Å². The molecule has 6 nitrogen and oxygen atoms in total. The molecule has 0 aromatic carbocycles. The van der Waals surface area contributed by atoms with Crippen molar-refractivity contribution in [3.05, 3.63) is 33.6 Å². The Labute approximate surface area is 178 Å². The molecular weight excluding hydrogens is 404 g/mol. The van der Waals surface area contributed by atoms with Crippen LogP contribution in [0.25, 0.3) is 17.3 Å². The highest BCUT2D eigenvalue weighted by Gasteiger charge is 2.25. The molecule has 8 heteroatoms. The summed E-state index contributed by atoms with van der Waals surface area (Å²) in [6.07, 6.45) is 11.6. The fourth-order valence-electron chi connectivity index (χ4n) is 3.80. The zero-order valence-corrected chi connectivity index (χ0v) is 18.0. The monoisotopic (exact) mass is 428 g/mol. The van der Waals surface area contributed by atoms with Gasteiger partial charge >= 0.3 is 0 Å². The van der Waals surface area contributed by atoms with E-state index in [4.69, 9.17) is 4.98 Å². The van der Waals surface area contributed by atoms with E-state index in [1.165, 1.54) is 43.4 Å². The standard InChI is InChI=1S/C21H24N4O2S2/c1-2-14-5-3-7-25(8-4-6-14)19-12-22-11-17(23-19)15-9-16(28-13-15)10-18-20(26)24-21(27)29-18/h9-14H,2-8H2,1H3,(H,24,26,27). The van der Waals surface area contributed by atoms with Gasteiger partial charge in [-0.25, -0.2) is 4.98 Å². The van der Waals surface area contributed by atoms with Crippen molar-refractivity contribution in [1.29, 1.82) is 0 Å². The van der Waals surface area contributed by atoms with Gasteiger partial charge in [0.05, 0.1) is 23.0 Å². The first-order valence-electron chi connectivity index (χ1n) is 10.0. The minimum Gasteiger partial charge on any atom is -0.355 e. The summed E-state index contributed by atoms with van der Waals surface area (Å²) in [6, 6.07) is 1.99. The summed E-state index contributed by atoms with van der Waals surface area (Å²) < 4.78 is 0. The minimum absolute atomic E-state index is 0.324. The molecule has 2 aromatic rings. The van der Waals surface area contributed by atoms with Crippen LogP contribution in [0.1, 0.15) is 43.9 Å². The van der Waals surface area contributed by atoms with Crippen molar-refractivity contribution < 1.29 is 9.59 Å². The first kappa shape index (κ1) is 20.1. The van der Waals surface area contributed by atoms with Crippen LogP contribution in [0.15, 0.2) is 28.7 Å². The SMILES string of the molecule is CCC1CCCN(c2cncc(-c3csc(C=C4SC(=O)NC4=O)c3)n2)CCC1. The van der Waals surface area contributed by atoms with Crippen LogP contribution in [0.4, 0.5) is 10.6 Å². The lowest BCUT2D eigenvalue weighted by Crippen LogP contribution is -2.29. The van der Waals surface area contributed by atoms with Crippen LogP contribution in [0, 0.1) is 5.92 Å². The summed E-state index contributed by atoms with van der Waals surface area (Å²) in [5, 5.41) is 3.97. The highest BCUT2D eigenvalue weighted by atomic mass is 32.2. The second kappa shape index (κ2) is 9.09. The molecule has 0 aliphatic carbocycles. The number of amides is 2. The van der Waals surface area contributed by atoms with Gasteiger partial charge < -0.3 is 4.90 Å². The van der Waals surface area contributed by atoms with Gasteiger partial charge in [0, 0.05) is 28.9 Å². The van der Waals surface area contributed by atoms with E-state index in [2.05, 4.69) is 22.1 Å². The maximum absolute atomic E-state index is 11.7. The molecule has 0 radical (unpaired) electrons. The molecule has 152 valence electrons. The average molecular weight is 429 g/mol. The van der Waals surface area contributed by atoms with E-state index < -0.39 is 0 Å². The van der Waals surface area contributed by atoms with Crippen LogP contribution >= 0.6 is 23.1 Å². The normalized spacial score (nSPS) is 20.0. The van der Waals surface area contributed by atoms with Crippen LogP contribution in [-0.2, 0) is 4.79 Å². The topological polar surface area (TPSA) is 75.2 Å². The molecule has 4 rings (SSSR count). The smallest absolute Gasteiger partial charge is 0.290 e. The van der Waals surface area contributed by atoms with E-state index in [1.54, 1.807) is 12.3 Å². The van der Waals surface area contributed by atoms with Crippen LogP contribution < -0.4 is 10.2 Å². The molecule has 2 fully saturated rings. The number of rotatable bonds is 4. The molecule has 2 aliphatic rings. The van der Waals surface area contributed by atoms with Gasteiger partial charge in [-0.3, -0.25) is 19.9 Å². The third kappa shape index (κ3) is 4.87. The minimum atomic E-state index is -0.334. The third-order valence-corrected chi connectivity index (χ3v) is 7.13. The Morgan fingerprint density at radius 3 is 2.72 bits per heavy atom. The van der Waals surface area contributed by atoms with Gasteiger partial charge in [-0.05, 0) is 55.5 Å². The Kier molecular flexibility index (Phi) is 6.30. The van der Waals surface area contributed by atoms with Gasteiger partial charge in [-0.1, -0.05) is 13.3 Å². The summed E-state index contributed by atoms with van der Waals surface area (Å²) in [7, 11) is 0. The first-order valence-corrected chi connectivity index (χ1v) is 11.7. The second-order valence-corrected chi connectivity index (χ2v) is 9.36. The Morgan fingerprint density at radius 2 is 2.03 bits per heavy atom.